The molecule has 0 bridgehead atoms. The number of rotatable bonds is 1. The number of hydrogen-bond donors (Lipinski definition) is 0. The highest BCUT2D eigenvalue weighted by Crippen LogP contribution is 2.36. The van der Waals surface area contributed by atoms with E-state index in [9.17, 15) is 0 Å². The number of hydrogen-bond acceptors (Lipinski definition) is 2. The zero-order valence-electron chi connectivity index (χ0n) is 8.57. The van der Waals surface area contributed by atoms with Gasteiger partial charge in [0.2, 0.25) is 0 Å². The summed E-state index contributed by atoms with van der Waals surface area (Å²) < 4.78 is 2.88. The second-order valence-corrected chi connectivity index (χ2v) is 4.98. The Balaban J connectivity index is 2.13. The number of aromatic nitrogens is 3. The number of fused-ring (bicyclic) bond motifs is 1. The molecular weight excluding hydrogens is 254 g/mol. The second kappa shape index (κ2) is 3.30. The summed E-state index contributed by atoms with van der Waals surface area (Å²) in [6.45, 7) is 1.99. The van der Waals surface area contributed by atoms with Crippen molar-refractivity contribution in [1.29, 1.82) is 0 Å². The molecule has 3 rings (SSSR count). The fourth-order valence-electron chi connectivity index (χ4n) is 1.98. The Bertz CT molecular complexity index is 514. The quantitative estimate of drug-likeness (QED) is 0.794. The Hall–Kier alpha value is -0.900. The van der Waals surface area contributed by atoms with Crippen LogP contribution in [-0.4, -0.2) is 14.6 Å². The third kappa shape index (κ3) is 1.39. The van der Waals surface area contributed by atoms with Crippen LogP contribution in [0.3, 0.4) is 0 Å². The molecule has 1 fully saturated rings. The summed E-state index contributed by atoms with van der Waals surface area (Å²) in [4.78, 5) is 4.46. The lowest BCUT2D eigenvalue weighted by Gasteiger charge is -2.25. The van der Waals surface area contributed by atoms with Crippen molar-refractivity contribution in [3.8, 4) is 0 Å². The molecule has 1 aliphatic rings. The summed E-state index contributed by atoms with van der Waals surface area (Å²) in [6, 6.07) is 0. The summed E-state index contributed by atoms with van der Waals surface area (Å²) >= 11 is 3.50. The number of aryl methyl sites for hydroxylation is 1. The smallest absolute Gasteiger partial charge is 0.169 e. The third-order valence-electron chi connectivity index (χ3n) is 3.17. The van der Waals surface area contributed by atoms with Crippen molar-refractivity contribution in [3.05, 3.63) is 28.1 Å². The van der Waals surface area contributed by atoms with Crippen LogP contribution in [0.15, 0.2) is 16.9 Å². The highest BCUT2D eigenvalue weighted by atomic mass is 79.9. The first kappa shape index (κ1) is 9.33. The molecule has 2 aromatic rings. The van der Waals surface area contributed by atoms with Gasteiger partial charge in [0, 0.05) is 12.4 Å². The third-order valence-corrected chi connectivity index (χ3v) is 4.10. The van der Waals surface area contributed by atoms with Crippen molar-refractivity contribution in [3.63, 3.8) is 0 Å². The van der Waals surface area contributed by atoms with Gasteiger partial charge in [0.1, 0.15) is 0 Å². The molecule has 1 saturated carbocycles. The van der Waals surface area contributed by atoms with Crippen molar-refractivity contribution < 1.29 is 0 Å². The van der Waals surface area contributed by atoms with Gasteiger partial charge < -0.3 is 0 Å². The van der Waals surface area contributed by atoms with Crippen LogP contribution in [0.4, 0.5) is 0 Å². The molecule has 0 spiro atoms. The van der Waals surface area contributed by atoms with E-state index in [1.54, 1.807) is 0 Å². The highest BCUT2D eigenvalue weighted by molar-refractivity contribution is 9.10. The summed E-state index contributed by atoms with van der Waals surface area (Å²) in [5.41, 5.74) is 3.23. The molecule has 3 nitrogen and oxygen atoms in total. The van der Waals surface area contributed by atoms with Crippen LogP contribution >= 0.6 is 15.9 Å². The Morgan fingerprint density at radius 1 is 1.47 bits per heavy atom. The maximum absolute atomic E-state index is 4.46. The maximum atomic E-state index is 4.46. The van der Waals surface area contributed by atoms with E-state index in [0.717, 1.165) is 15.8 Å². The minimum atomic E-state index is 0.713. The van der Waals surface area contributed by atoms with Crippen LogP contribution < -0.4 is 0 Å². The van der Waals surface area contributed by atoms with E-state index in [2.05, 4.69) is 32.2 Å². The summed E-state index contributed by atoms with van der Waals surface area (Å²) in [5, 5.41) is 4.42. The van der Waals surface area contributed by atoms with Crippen LogP contribution in [0.2, 0.25) is 0 Å². The molecule has 4 heteroatoms. The summed E-state index contributed by atoms with van der Waals surface area (Å²) in [7, 11) is 0. The monoisotopic (exact) mass is 265 g/mol. The largest absolute Gasteiger partial charge is 0.236 e. The van der Waals surface area contributed by atoms with Crippen LogP contribution in [-0.2, 0) is 0 Å². The number of nitrogens with zero attached hydrogens (tertiary/aromatic N) is 3. The van der Waals surface area contributed by atoms with Crippen molar-refractivity contribution >= 4 is 21.6 Å². The molecule has 2 aromatic heterocycles. The second-order valence-electron chi connectivity index (χ2n) is 4.18. The van der Waals surface area contributed by atoms with Crippen LogP contribution in [0, 0.1) is 6.92 Å². The van der Waals surface area contributed by atoms with E-state index in [-0.39, 0.29) is 0 Å². The highest BCUT2D eigenvalue weighted by Gasteiger charge is 2.20. The molecule has 2 heterocycles. The molecule has 0 radical (unpaired) electrons. The fraction of sp³-hybridized carbons (Fsp3) is 0.455. The first-order valence-electron chi connectivity index (χ1n) is 5.26. The van der Waals surface area contributed by atoms with Gasteiger partial charge in [-0.05, 0) is 47.2 Å². The first-order chi connectivity index (χ1) is 7.25. The SMILES string of the molecule is Cc1nn2cc(C3CCC3)cnc2c1Br. The number of halogens is 1. The molecule has 0 unspecified atom stereocenters. The molecule has 1 aliphatic carbocycles. The Morgan fingerprint density at radius 3 is 2.93 bits per heavy atom. The molecule has 0 N–H and O–H groups in total. The lowest BCUT2D eigenvalue weighted by molar-refractivity contribution is 0.417. The molecule has 15 heavy (non-hydrogen) atoms. The predicted molar refractivity (Wildman–Crippen MR) is 62.0 cm³/mol. The van der Waals surface area contributed by atoms with Gasteiger partial charge in [-0.25, -0.2) is 9.50 Å². The van der Waals surface area contributed by atoms with Crippen LogP contribution in [0.5, 0.6) is 0 Å². The van der Waals surface area contributed by atoms with E-state index in [1.165, 1.54) is 24.8 Å². The lowest BCUT2D eigenvalue weighted by atomic mass is 9.81. The van der Waals surface area contributed by atoms with E-state index in [0.29, 0.717) is 5.92 Å². The minimum absolute atomic E-state index is 0.713. The van der Waals surface area contributed by atoms with Gasteiger partial charge in [-0.2, -0.15) is 5.10 Å². The normalized spacial score (nSPS) is 16.9. The molecular formula is C11H12BrN3. The molecule has 0 amide bonds. The lowest BCUT2D eigenvalue weighted by Crippen LogP contribution is -2.10. The first-order valence-corrected chi connectivity index (χ1v) is 6.05. The average Bonchev–Trinajstić information content (AvgIpc) is 2.40. The Morgan fingerprint density at radius 2 is 2.27 bits per heavy atom. The topological polar surface area (TPSA) is 30.2 Å². The van der Waals surface area contributed by atoms with Crippen molar-refractivity contribution in [2.24, 2.45) is 0 Å². The van der Waals surface area contributed by atoms with Crippen LogP contribution in [0.1, 0.15) is 36.4 Å². The van der Waals surface area contributed by atoms with Gasteiger partial charge in [-0.1, -0.05) is 6.42 Å². The van der Waals surface area contributed by atoms with Gasteiger partial charge in [-0.3, -0.25) is 0 Å². The van der Waals surface area contributed by atoms with Crippen LogP contribution in [0.25, 0.3) is 5.65 Å². The van der Waals surface area contributed by atoms with Crippen molar-refractivity contribution in [1.82, 2.24) is 14.6 Å². The average molecular weight is 266 g/mol. The summed E-state index contributed by atoms with van der Waals surface area (Å²) in [6.07, 6.45) is 8.06. The zero-order chi connectivity index (χ0) is 10.4. The van der Waals surface area contributed by atoms with E-state index in [1.807, 2.05) is 17.6 Å². The fourth-order valence-corrected chi connectivity index (χ4v) is 2.35. The van der Waals surface area contributed by atoms with Gasteiger partial charge in [0.25, 0.3) is 0 Å². The molecule has 0 saturated heterocycles. The van der Waals surface area contributed by atoms with Gasteiger partial charge in [0.05, 0.1) is 10.2 Å². The summed E-state index contributed by atoms with van der Waals surface area (Å²) in [5.74, 6) is 0.713. The molecule has 0 aliphatic heterocycles. The maximum Gasteiger partial charge on any atom is 0.169 e. The van der Waals surface area contributed by atoms with E-state index in [4.69, 9.17) is 0 Å². The Kier molecular flexibility index (Phi) is 2.06. The predicted octanol–water partition coefficient (Wildman–Crippen LogP) is 3.07. The molecule has 78 valence electrons. The Labute approximate surface area is 96.6 Å². The zero-order valence-corrected chi connectivity index (χ0v) is 10.2. The molecule has 0 atom stereocenters. The van der Waals surface area contributed by atoms with Gasteiger partial charge >= 0.3 is 0 Å². The van der Waals surface area contributed by atoms with E-state index >= 15 is 0 Å². The van der Waals surface area contributed by atoms with Crippen molar-refractivity contribution in [2.75, 3.05) is 0 Å². The van der Waals surface area contributed by atoms with Gasteiger partial charge in [0.15, 0.2) is 5.65 Å². The molecule has 0 aromatic carbocycles. The van der Waals surface area contributed by atoms with Gasteiger partial charge in [-0.15, -0.1) is 0 Å². The van der Waals surface area contributed by atoms with E-state index < -0.39 is 0 Å². The minimum Gasteiger partial charge on any atom is -0.236 e. The standard InChI is InChI=1S/C11H12BrN3/c1-7-10(12)11-13-5-9(6-15(11)14-7)8-3-2-4-8/h5-6,8H,2-4H2,1H3. The van der Waals surface area contributed by atoms with Crippen molar-refractivity contribution in [2.45, 2.75) is 32.1 Å².